The van der Waals surface area contributed by atoms with Crippen LogP contribution >= 0.6 is 0 Å². The summed E-state index contributed by atoms with van der Waals surface area (Å²) >= 11 is 0. The van der Waals surface area contributed by atoms with Crippen molar-refractivity contribution in [3.63, 3.8) is 0 Å². The molecule has 1 aromatic carbocycles. The normalized spacial score (nSPS) is 11.6. The highest BCUT2D eigenvalue weighted by molar-refractivity contribution is 5.95. The smallest absolute Gasteiger partial charge is 0.471 e. The summed E-state index contributed by atoms with van der Waals surface area (Å²) < 4.78 is 42.0. The first kappa shape index (κ1) is 15.3. The van der Waals surface area contributed by atoms with Crippen molar-refractivity contribution in [2.75, 3.05) is 5.32 Å². The molecule has 3 nitrogen and oxygen atoms in total. The molecule has 6 heteroatoms. The van der Waals surface area contributed by atoms with Crippen LogP contribution in [0.15, 0.2) is 12.1 Å². The van der Waals surface area contributed by atoms with Crippen molar-refractivity contribution in [3.8, 4) is 5.75 Å². The summed E-state index contributed by atoms with van der Waals surface area (Å²) in [5.74, 6) is -1.36. The zero-order chi connectivity index (χ0) is 14.8. The van der Waals surface area contributed by atoms with Gasteiger partial charge >= 0.3 is 12.1 Å². The molecule has 106 valence electrons. The predicted octanol–water partition coefficient (Wildman–Crippen LogP) is 3.59. The van der Waals surface area contributed by atoms with E-state index in [4.69, 9.17) is 4.74 Å². The van der Waals surface area contributed by atoms with Crippen molar-refractivity contribution in [1.82, 2.24) is 0 Å². The molecule has 0 aromatic heterocycles. The molecular weight excluding hydrogens is 259 g/mol. The molecule has 0 fully saturated rings. The Morgan fingerprint density at radius 3 is 2.05 bits per heavy atom. The maximum absolute atomic E-state index is 12.2. The van der Waals surface area contributed by atoms with Crippen LogP contribution in [0.1, 0.15) is 25.0 Å². The van der Waals surface area contributed by atoms with Crippen molar-refractivity contribution in [1.29, 1.82) is 0 Å². The van der Waals surface area contributed by atoms with E-state index in [2.05, 4.69) is 0 Å². The Balaban J connectivity index is 2.98. The Hall–Kier alpha value is -1.72. The van der Waals surface area contributed by atoms with Crippen LogP contribution in [0.25, 0.3) is 0 Å². The van der Waals surface area contributed by atoms with E-state index in [1.165, 1.54) is 12.1 Å². The number of carbonyl (C=O) groups is 1. The number of aryl methyl sites for hydroxylation is 2. The van der Waals surface area contributed by atoms with Gasteiger partial charge in [-0.3, -0.25) is 4.79 Å². The topological polar surface area (TPSA) is 38.3 Å². The molecule has 1 N–H and O–H groups in total. The lowest BCUT2D eigenvalue weighted by atomic mass is 10.1. The van der Waals surface area contributed by atoms with Crippen molar-refractivity contribution in [2.24, 2.45) is 0 Å². The number of benzene rings is 1. The van der Waals surface area contributed by atoms with Crippen LogP contribution in [0.3, 0.4) is 0 Å². The van der Waals surface area contributed by atoms with Gasteiger partial charge in [-0.15, -0.1) is 0 Å². The van der Waals surface area contributed by atoms with Crippen LogP contribution in [0.5, 0.6) is 5.75 Å². The minimum absolute atomic E-state index is 0.0342. The van der Waals surface area contributed by atoms with E-state index in [0.717, 1.165) is 0 Å². The standard InChI is InChI=1S/C13H16F3NO2/c1-7(2)19-11-8(3)5-10(6-9(11)4)17-12(18)13(14,15)16/h5-7H,1-4H3,(H,17,18). The minimum atomic E-state index is -4.89. The van der Waals surface area contributed by atoms with Gasteiger partial charge in [0.05, 0.1) is 6.10 Å². The fraction of sp³-hybridized carbons (Fsp3) is 0.462. The molecule has 1 aromatic rings. The summed E-state index contributed by atoms with van der Waals surface area (Å²) in [7, 11) is 0. The molecular formula is C13H16F3NO2. The third-order valence-electron chi connectivity index (χ3n) is 2.33. The summed E-state index contributed by atoms with van der Waals surface area (Å²) in [6.07, 6.45) is -4.93. The van der Waals surface area contributed by atoms with Crippen molar-refractivity contribution in [2.45, 2.75) is 40.0 Å². The first-order chi connectivity index (χ1) is 8.61. The second-order valence-corrected chi connectivity index (χ2v) is 4.56. The van der Waals surface area contributed by atoms with E-state index in [0.29, 0.717) is 16.9 Å². The molecule has 0 radical (unpaired) electrons. The number of hydrogen-bond acceptors (Lipinski definition) is 2. The molecule has 0 aliphatic carbocycles. The molecule has 0 bridgehead atoms. The minimum Gasteiger partial charge on any atom is -0.490 e. The number of rotatable bonds is 3. The van der Waals surface area contributed by atoms with E-state index in [9.17, 15) is 18.0 Å². The first-order valence-electron chi connectivity index (χ1n) is 5.77. The molecule has 0 heterocycles. The van der Waals surface area contributed by atoms with Gasteiger partial charge < -0.3 is 10.1 Å². The van der Waals surface area contributed by atoms with Crippen LogP contribution in [-0.2, 0) is 4.79 Å². The van der Waals surface area contributed by atoms with Crippen molar-refractivity contribution in [3.05, 3.63) is 23.3 Å². The third-order valence-corrected chi connectivity index (χ3v) is 2.33. The van der Waals surface area contributed by atoms with Gasteiger partial charge in [-0.25, -0.2) is 0 Å². The van der Waals surface area contributed by atoms with E-state index >= 15 is 0 Å². The number of ether oxygens (including phenoxy) is 1. The molecule has 0 saturated carbocycles. The summed E-state index contributed by atoms with van der Waals surface area (Å²) in [6.45, 7) is 7.15. The Bertz CT molecular complexity index is 458. The van der Waals surface area contributed by atoms with Gasteiger partial charge in [0.2, 0.25) is 0 Å². The lowest BCUT2D eigenvalue weighted by Crippen LogP contribution is -2.30. The highest BCUT2D eigenvalue weighted by Gasteiger charge is 2.38. The predicted molar refractivity (Wildman–Crippen MR) is 66.4 cm³/mol. The van der Waals surface area contributed by atoms with Crippen molar-refractivity contribution >= 4 is 11.6 Å². The Morgan fingerprint density at radius 1 is 1.21 bits per heavy atom. The highest BCUT2D eigenvalue weighted by atomic mass is 19.4. The average molecular weight is 275 g/mol. The average Bonchev–Trinajstić information content (AvgIpc) is 2.21. The van der Waals surface area contributed by atoms with E-state index in [1.54, 1.807) is 13.8 Å². The second kappa shape index (κ2) is 5.50. The summed E-state index contributed by atoms with van der Waals surface area (Å²) in [5, 5.41) is 1.82. The van der Waals surface area contributed by atoms with Crippen LogP contribution in [0, 0.1) is 13.8 Å². The Morgan fingerprint density at radius 2 is 1.68 bits per heavy atom. The zero-order valence-electron chi connectivity index (χ0n) is 11.2. The van der Waals surface area contributed by atoms with Crippen LogP contribution in [-0.4, -0.2) is 18.2 Å². The molecule has 1 amide bonds. The number of halogens is 3. The molecule has 0 saturated heterocycles. The zero-order valence-corrected chi connectivity index (χ0v) is 11.2. The maximum atomic E-state index is 12.2. The van der Waals surface area contributed by atoms with Gasteiger partial charge in [0, 0.05) is 5.69 Å². The highest BCUT2D eigenvalue weighted by Crippen LogP contribution is 2.29. The molecule has 0 atom stereocenters. The van der Waals surface area contributed by atoms with E-state index in [-0.39, 0.29) is 11.8 Å². The van der Waals surface area contributed by atoms with E-state index < -0.39 is 12.1 Å². The maximum Gasteiger partial charge on any atom is 0.471 e. The molecule has 19 heavy (non-hydrogen) atoms. The Labute approximate surface area is 109 Å². The summed E-state index contributed by atoms with van der Waals surface area (Å²) in [5.41, 5.74) is 1.45. The number of carbonyl (C=O) groups excluding carboxylic acids is 1. The molecule has 0 aliphatic rings. The third kappa shape index (κ3) is 4.15. The molecule has 1 rings (SSSR count). The number of hydrogen-bond donors (Lipinski definition) is 1. The van der Waals surface area contributed by atoms with Gasteiger partial charge in [-0.2, -0.15) is 13.2 Å². The second-order valence-electron chi connectivity index (χ2n) is 4.56. The first-order valence-corrected chi connectivity index (χ1v) is 5.77. The van der Waals surface area contributed by atoms with Crippen LogP contribution in [0.4, 0.5) is 18.9 Å². The number of anilines is 1. The molecule has 0 unspecified atom stereocenters. The van der Waals surface area contributed by atoms with Gasteiger partial charge in [-0.1, -0.05) is 0 Å². The van der Waals surface area contributed by atoms with Crippen LogP contribution < -0.4 is 10.1 Å². The number of alkyl halides is 3. The lowest BCUT2D eigenvalue weighted by molar-refractivity contribution is -0.167. The SMILES string of the molecule is Cc1cc(NC(=O)C(F)(F)F)cc(C)c1OC(C)C. The van der Waals surface area contributed by atoms with E-state index in [1.807, 2.05) is 19.2 Å². The van der Waals surface area contributed by atoms with Crippen LogP contribution in [0.2, 0.25) is 0 Å². The fourth-order valence-corrected chi connectivity index (χ4v) is 1.65. The van der Waals surface area contributed by atoms with Gasteiger partial charge in [0.25, 0.3) is 0 Å². The largest absolute Gasteiger partial charge is 0.490 e. The lowest BCUT2D eigenvalue weighted by Gasteiger charge is -2.17. The quantitative estimate of drug-likeness (QED) is 0.915. The molecule has 0 aliphatic heterocycles. The van der Waals surface area contributed by atoms with Gasteiger partial charge in [0.15, 0.2) is 0 Å². The van der Waals surface area contributed by atoms with Gasteiger partial charge in [0.1, 0.15) is 5.75 Å². The number of amides is 1. The molecule has 0 spiro atoms. The summed E-state index contributed by atoms with van der Waals surface area (Å²) in [4.78, 5) is 10.9. The monoisotopic (exact) mass is 275 g/mol. The fourth-order valence-electron chi connectivity index (χ4n) is 1.65. The number of nitrogens with one attached hydrogen (secondary N) is 1. The summed E-state index contributed by atoms with van der Waals surface area (Å²) in [6, 6.07) is 2.91. The Kier molecular flexibility index (Phi) is 4.44. The van der Waals surface area contributed by atoms with Gasteiger partial charge in [-0.05, 0) is 51.0 Å². The van der Waals surface area contributed by atoms with Crippen molar-refractivity contribution < 1.29 is 22.7 Å².